The highest BCUT2D eigenvalue weighted by Gasteiger charge is 2.35. The maximum absolute atomic E-state index is 14.9. The van der Waals surface area contributed by atoms with Crippen LogP contribution >= 0.6 is 0 Å². The van der Waals surface area contributed by atoms with Gasteiger partial charge in [-0.05, 0) is 113 Å². The van der Waals surface area contributed by atoms with E-state index in [2.05, 4.69) is 44.8 Å². The Labute approximate surface area is 287 Å². The summed E-state index contributed by atoms with van der Waals surface area (Å²) in [6, 6.07) is 12.6. The zero-order valence-electron chi connectivity index (χ0n) is 29.0. The van der Waals surface area contributed by atoms with Gasteiger partial charge in [-0.2, -0.15) is 4.98 Å². The van der Waals surface area contributed by atoms with E-state index >= 15 is 0 Å². The Hall–Kier alpha value is -4.16. The number of rotatable bonds is 9. The maximum atomic E-state index is 14.9. The highest BCUT2D eigenvalue weighted by Crippen LogP contribution is 2.38. The molecule has 2 aromatic carbocycles. The monoisotopic (exact) mass is 672 g/mol. The molecule has 0 unspecified atom stereocenters. The zero-order valence-corrected chi connectivity index (χ0v) is 29.0. The normalized spacial score (nSPS) is 21.8. The Kier molecular flexibility index (Phi) is 9.90. The van der Waals surface area contributed by atoms with E-state index in [9.17, 15) is 19.1 Å². The first-order valence-corrected chi connectivity index (χ1v) is 17.6. The highest BCUT2D eigenvalue weighted by molar-refractivity contribution is 5.96. The summed E-state index contributed by atoms with van der Waals surface area (Å²) in [4.78, 5) is 34.8. The lowest BCUT2D eigenvalue weighted by Gasteiger charge is -2.42. The SMILES string of the molecule is C[C@@H]1[C@H](NC(=O)c2ccc(C(C)(C)O)cc2F)CCCN1c1nnc(C(N)=O)c(Nc2ccc(C3(C)CCN(C4CCCC4)CC3)cc2)n1. The first-order valence-electron chi connectivity index (χ1n) is 17.6. The molecule has 5 N–H and O–H groups in total. The average Bonchev–Trinajstić information content (AvgIpc) is 3.61. The van der Waals surface area contributed by atoms with Crippen LogP contribution in [0, 0.1) is 5.82 Å². The zero-order chi connectivity index (χ0) is 34.9. The van der Waals surface area contributed by atoms with Crippen molar-refractivity contribution in [2.75, 3.05) is 29.9 Å². The van der Waals surface area contributed by atoms with Crippen LogP contribution in [-0.4, -0.2) is 74.8 Å². The molecule has 3 aliphatic rings. The molecule has 1 aliphatic carbocycles. The molecule has 262 valence electrons. The first kappa shape index (κ1) is 34.7. The number of primary amides is 1. The van der Waals surface area contributed by atoms with E-state index in [-0.39, 0.29) is 40.5 Å². The molecule has 49 heavy (non-hydrogen) atoms. The largest absolute Gasteiger partial charge is 0.386 e. The predicted molar refractivity (Wildman–Crippen MR) is 187 cm³/mol. The molecule has 0 spiro atoms. The first-order chi connectivity index (χ1) is 23.3. The molecule has 2 atom stereocenters. The van der Waals surface area contributed by atoms with Crippen molar-refractivity contribution in [1.29, 1.82) is 0 Å². The highest BCUT2D eigenvalue weighted by atomic mass is 19.1. The fraction of sp³-hybridized carbons (Fsp3) is 0.541. The standard InChI is InChI=1S/C37H49FN8O3/c1-23-30(41-34(48)28-16-13-25(22-29(28)38)36(2,3)49)10-7-19-46(23)35-42-33(31(32(39)47)43-44-35)40-26-14-11-24(12-15-26)37(4)17-20-45(21-18-37)27-8-5-6-9-27/h11-16,22-23,27,30,49H,5-10,17-21H2,1-4H3,(H2,39,47)(H,41,48)(H,40,42,44)/t23-,30-/m1/s1. The van der Waals surface area contributed by atoms with Crippen LogP contribution in [0.5, 0.6) is 0 Å². The van der Waals surface area contributed by atoms with Gasteiger partial charge in [0.15, 0.2) is 11.5 Å². The molecular formula is C37H49FN8O3. The number of carbonyl (C=O) groups excluding carboxylic acids is 2. The second-order valence-electron chi connectivity index (χ2n) is 14.8. The van der Waals surface area contributed by atoms with Crippen LogP contribution in [0.2, 0.25) is 0 Å². The number of piperidine rings is 2. The number of hydrogen-bond donors (Lipinski definition) is 4. The number of aromatic nitrogens is 3. The molecule has 3 heterocycles. The van der Waals surface area contributed by atoms with Gasteiger partial charge in [-0.3, -0.25) is 9.59 Å². The van der Waals surface area contributed by atoms with Gasteiger partial charge in [0.25, 0.3) is 11.8 Å². The van der Waals surface area contributed by atoms with Crippen LogP contribution in [0.25, 0.3) is 0 Å². The minimum Gasteiger partial charge on any atom is -0.386 e. The fourth-order valence-electron chi connectivity index (χ4n) is 7.67. The van der Waals surface area contributed by atoms with Gasteiger partial charge < -0.3 is 31.3 Å². The number of aliphatic hydroxyl groups is 1. The van der Waals surface area contributed by atoms with E-state index in [0.29, 0.717) is 18.5 Å². The number of benzene rings is 2. The second kappa shape index (κ2) is 14.0. The van der Waals surface area contributed by atoms with Crippen LogP contribution < -0.4 is 21.3 Å². The number of hydrogen-bond acceptors (Lipinski definition) is 9. The third-order valence-corrected chi connectivity index (χ3v) is 11.0. The molecule has 6 rings (SSSR count). The Morgan fingerprint density at radius 1 is 1.00 bits per heavy atom. The Morgan fingerprint density at radius 2 is 1.69 bits per heavy atom. The molecule has 3 fully saturated rings. The molecule has 2 aliphatic heterocycles. The molecule has 0 radical (unpaired) electrons. The van der Waals surface area contributed by atoms with E-state index in [0.717, 1.165) is 44.1 Å². The van der Waals surface area contributed by atoms with Crippen molar-refractivity contribution in [3.8, 4) is 0 Å². The van der Waals surface area contributed by atoms with Gasteiger partial charge in [0.05, 0.1) is 11.2 Å². The number of amides is 2. The molecular weight excluding hydrogens is 623 g/mol. The Balaban J connectivity index is 1.14. The Bertz CT molecular complexity index is 1660. The lowest BCUT2D eigenvalue weighted by molar-refractivity contribution is 0.0779. The minimum atomic E-state index is -1.23. The van der Waals surface area contributed by atoms with E-state index in [4.69, 9.17) is 10.7 Å². The van der Waals surface area contributed by atoms with Gasteiger partial charge in [-0.15, -0.1) is 10.2 Å². The third kappa shape index (κ3) is 7.55. The third-order valence-electron chi connectivity index (χ3n) is 11.0. The van der Waals surface area contributed by atoms with Gasteiger partial charge >= 0.3 is 0 Å². The number of carbonyl (C=O) groups is 2. The number of nitrogens with two attached hydrogens (primary N) is 1. The summed E-state index contributed by atoms with van der Waals surface area (Å²) in [6.45, 7) is 10.3. The van der Waals surface area contributed by atoms with Gasteiger partial charge in [0.1, 0.15) is 5.82 Å². The maximum Gasteiger partial charge on any atom is 0.273 e. The van der Waals surface area contributed by atoms with Gasteiger partial charge in [-0.25, -0.2) is 4.39 Å². The quantitative estimate of drug-likeness (QED) is 0.242. The van der Waals surface area contributed by atoms with E-state index < -0.39 is 23.2 Å². The molecule has 2 amide bonds. The summed E-state index contributed by atoms with van der Waals surface area (Å²) in [7, 11) is 0. The number of anilines is 3. The summed E-state index contributed by atoms with van der Waals surface area (Å²) >= 11 is 0. The topological polar surface area (TPSA) is 150 Å². The lowest BCUT2D eigenvalue weighted by atomic mass is 9.74. The molecule has 11 nitrogen and oxygen atoms in total. The van der Waals surface area contributed by atoms with Crippen molar-refractivity contribution in [1.82, 2.24) is 25.4 Å². The van der Waals surface area contributed by atoms with Crippen molar-refractivity contribution in [3.05, 3.63) is 70.7 Å². The van der Waals surface area contributed by atoms with Crippen LogP contribution in [-0.2, 0) is 11.0 Å². The molecule has 0 bridgehead atoms. The predicted octanol–water partition coefficient (Wildman–Crippen LogP) is 5.16. The molecule has 12 heteroatoms. The summed E-state index contributed by atoms with van der Waals surface area (Å²) in [5.41, 5.74) is 6.81. The minimum absolute atomic E-state index is 0.0708. The number of halogens is 1. The summed E-state index contributed by atoms with van der Waals surface area (Å²) in [6.07, 6.45) is 9.02. The number of nitrogens with one attached hydrogen (secondary N) is 2. The number of likely N-dealkylation sites (tertiary alicyclic amines) is 1. The van der Waals surface area contributed by atoms with Crippen molar-refractivity contribution in [2.45, 2.75) is 108 Å². The molecule has 3 aromatic rings. The van der Waals surface area contributed by atoms with Crippen molar-refractivity contribution in [3.63, 3.8) is 0 Å². The average molecular weight is 673 g/mol. The van der Waals surface area contributed by atoms with Gasteiger partial charge in [-0.1, -0.05) is 38.0 Å². The van der Waals surface area contributed by atoms with Crippen molar-refractivity contribution < 1.29 is 19.1 Å². The van der Waals surface area contributed by atoms with Crippen molar-refractivity contribution >= 4 is 29.3 Å². The smallest absolute Gasteiger partial charge is 0.273 e. The summed E-state index contributed by atoms with van der Waals surface area (Å²) in [5.74, 6) is -1.50. The molecule has 1 saturated carbocycles. The Morgan fingerprint density at radius 3 is 2.33 bits per heavy atom. The summed E-state index contributed by atoms with van der Waals surface area (Å²) in [5, 5.41) is 24.8. The van der Waals surface area contributed by atoms with Crippen molar-refractivity contribution in [2.24, 2.45) is 5.73 Å². The van der Waals surface area contributed by atoms with E-state index in [1.54, 1.807) is 19.9 Å². The number of nitrogens with zero attached hydrogens (tertiary/aromatic N) is 5. The van der Waals surface area contributed by atoms with Crippen LogP contribution in [0.15, 0.2) is 42.5 Å². The lowest BCUT2D eigenvalue weighted by Crippen LogP contribution is -2.54. The molecule has 2 saturated heterocycles. The van der Waals surface area contributed by atoms with E-state index in [1.165, 1.54) is 43.4 Å². The second-order valence-corrected chi connectivity index (χ2v) is 14.8. The van der Waals surface area contributed by atoms with Gasteiger partial charge in [0, 0.05) is 30.4 Å². The van der Waals surface area contributed by atoms with E-state index in [1.807, 2.05) is 24.0 Å². The van der Waals surface area contributed by atoms with Crippen LogP contribution in [0.1, 0.15) is 111 Å². The molecule has 1 aromatic heterocycles. The van der Waals surface area contributed by atoms with Crippen LogP contribution in [0.3, 0.4) is 0 Å². The fourth-order valence-corrected chi connectivity index (χ4v) is 7.67. The summed E-state index contributed by atoms with van der Waals surface area (Å²) < 4.78 is 14.9. The van der Waals surface area contributed by atoms with Gasteiger partial charge in [0.2, 0.25) is 5.95 Å². The van der Waals surface area contributed by atoms with Crippen LogP contribution in [0.4, 0.5) is 21.8 Å².